The average Bonchev–Trinajstić information content (AvgIpc) is 2.05. The van der Waals surface area contributed by atoms with Crippen LogP contribution in [0.3, 0.4) is 0 Å². The van der Waals surface area contributed by atoms with Crippen molar-refractivity contribution in [1.29, 1.82) is 0 Å². The second-order valence-electron chi connectivity index (χ2n) is 1.99. The molecule has 0 atom stereocenters. The molecule has 1 rings (SSSR count). The molecule has 0 saturated heterocycles. The lowest BCUT2D eigenvalue weighted by Gasteiger charge is -2.03. The number of hydrogen-bond acceptors (Lipinski definition) is 4. The monoisotopic (exact) mass is 169 g/mol. The summed E-state index contributed by atoms with van der Waals surface area (Å²) in [5.41, 5.74) is 1.40. The summed E-state index contributed by atoms with van der Waals surface area (Å²) in [5, 5.41) is 16.8. The summed E-state index contributed by atoms with van der Waals surface area (Å²) in [6.45, 7) is 0. The molecule has 5 nitrogen and oxygen atoms in total. The highest BCUT2D eigenvalue weighted by Crippen LogP contribution is 2.16. The minimum atomic E-state index is -1.11. The van der Waals surface area contributed by atoms with Gasteiger partial charge in [-0.3, -0.25) is 5.21 Å². The van der Waals surface area contributed by atoms with Gasteiger partial charge in [0.2, 0.25) is 0 Å². The molecule has 12 heavy (non-hydrogen) atoms. The maximum absolute atomic E-state index is 10.5. The van der Waals surface area contributed by atoms with Crippen LogP contribution in [0.15, 0.2) is 24.3 Å². The van der Waals surface area contributed by atoms with E-state index in [1.165, 1.54) is 17.8 Å². The molecular formula is C7H7NO4. The largest absolute Gasteiger partial charge is 0.478 e. The first-order chi connectivity index (χ1) is 5.75. The van der Waals surface area contributed by atoms with Crippen molar-refractivity contribution in [1.82, 2.24) is 5.64 Å². The van der Waals surface area contributed by atoms with E-state index in [1.54, 1.807) is 12.1 Å². The van der Waals surface area contributed by atoms with Gasteiger partial charge < -0.3 is 9.94 Å². The highest BCUT2D eigenvalue weighted by Gasteiger charge is 2.09. The van der Waals surface area contributed by atoms with Gasteiger partial charge in [0, 0.05) is 0 Å². The average molecular weight is 169 g/mol. The Morgan fingerprint density at radius 1 is 1.42 bits per heavy atom. The van der Waals surface area contributed by atoms with Crippen LogP contribution >= 0.6 is 0 Å². The predicted molar refractivity (Wildman–Crippen MR) is 39.0 cm³/mol. The van der Waals surface area contributed by atoms with E-state index in [-0.39, 0.29) is 11.3 Å². The molecule has 0 aromatic heterocycles. The van der Waals surface area contributed by atoms with Crippen LogP contribution in [0.25, 0.3) is 0 Å². The molecule has 0 amide bonds. The standard InChI is InChI=1S/C7H7NO4/c9-7(10)5-3-1-2-4-6(5)12-8-11/h1-4,8,11H,(H,9,10). The van der Waals surface area contributed by atoms with Crippen LogP contribution in [-0.4, -0.2) is 16.3 Å². The summed E-state index contributed by atoms with van der Waals surface area (Å²) >= 11 is 0. The van der Waals surface area contributed by atoms with Gasteiger partial charge in [0.25, 0.3) is 0 Å². The van der Waals surface area contributed by atoms with Gasteiger partial charge in [0.1, 0.15) is 5.56 Å². The molecule has 0 aliphatic rings. The van der Waals surface area contributed by atoms with Crippen molar-refractivity contribution in [3.8, 4) is 5.75 Å². The van der Waals surface area contributed by atoms with Crippen molar-refractivity contribution in [2.24, 2.45) is 0 Å². The van der Waals surface area contributed by atoms with Crippen LogP contribution in [0.4, 0.5) is 0 Å². The lowest BCUT2D eigenvalue weighted by molar-refractivity contribution is -0.0441. The zero-order valence-electron chi connectivity index (χ0n) is 6.02. The molecule has 0 aliphatic carbocycles. The van der Waals surface area contributed by atoms with Crippen LogP contribution in [-0.2, 0) is 0 Å². The van der Waals surface area contributed by atoms with Gasteiger partial charge in [-0.25, -0.2) is 4.79 Å². The lowest BCUT2D eigenvalue weighted by Crippen LogP contribution is -2.14. The molecule has 0 aliphatic heterocycles. The van der Waals surface area contributed by atoms with E-state index in [0.29, 0.717) is 0 Å². The molecular weight excluding hydrogens is 162 g/mol. The summed E-state index contributed by atoms with van der Waals surface area (Å²) in [7, 11) is 0. The smallest absolute Gasteiger partial charge is 0.339 e. The van der Waals surface area contributed by atoms with Crippen LogP contribution in [0.2, 0.25) is 0 Å². The third kappa shape index (κ3) is 1.71. The van der Waals surface area contributed by atoms with Crippen molar-refractivity contribution in [2.45, 2.75) is 0 Å². The molecule has 0 heterocycles. The number of carbonyl (C=O) groups is 1. The molecule has 5 heteroatoms. The van der Waals surface area contributed by atoms with Gasteiger partial charge in [0.05, 0.1) is 0 Å². The number of carboxylic acid groups (broad SMARTS) is 1. The predicted octanol–water partition coefficient (Wildman–Crippen LogP) is 0.657. The molecule has 1 aromatic carbocycles. The van der Waals surface area contributed by atoms with E-state index in [4.69, 9.17) is 10.3 Å². The molecule has 0 fully saturated rings. The van der Waals surface area contributed by atoms with E-state index >= 15 is 0 Å². The van der Waals surface area contributed by atoms with Gasteiger partial charge in [-0.15, -0.1) is 0 Å². The van der Waals surface area contributed by atoms with E-state index < -0.39 is 5.97 Å². The number of hydrogen-bond donors (Lipinski definition) is 3. The molecule has 0 unspecified atom stereocenters. The van der Waals surface area contributed by atoms with Crippen LogP contribution in [0.5, 0.6) is 5.75 Å². The van der Waals surface area contributed by atoms with Crippen molar-refractivity contribution >= 4 is 5.97 Å². The van der Waals surface area contributed by atoms with Crippen LogP contribution in [0.1, 0.15) is 10.4 Å². The van der Waals surface area contributed by atoms with Crippen molar-refractivity contribution in [3.63, 3.8) is 0 Å². The number of benzene rings is 1. The quantitative estimate of drug-likeness (QED) is 0.579. The fourth-order valence-corrected chi connectivity index (χ4v) is 0.781. The summed E-state index contributed by atoms with van der Waals surface area (Å²) in [6, 6.07) is 5.95. The highest BCUT2D eigenvalue weighted by atomic mass is 16.8. The summed E-state index contributed by atoms with van der Waals surface area (Å²) < 4.78 is 0. The molecule has 0 bridgehead atoms. The first-order valence-electron chi connectivity index (χ1n) is 3.14. The fourth-order valence-electron chi connectivity index (χ4n) is 0.781. The number of rotatable bonds is 3. The second-order valence-corrected chi connectivity index (χ2v) is 1.99. The maximum Gasteiger partial charge on any atom is 0.339 e. The van der Waals surface area contributed by atoms with Crippen LogP contribution in [0, 0.1) is 0 Å². The zero-order chi connectivity index (χ0) is 8.97. The van der Waals surface area contributed by atoms with Gasteiger partial charge in [0.15, 0.2) is 5.75 Å². The Balaban J connectivity index is 3.00. The third-order valence-corrected chi connectivity index (χ3v) is 1.27. The van der Waals surface area contributed by atoms with Gasteiger partial charge in [-0.05, 0) is 17.8 Å². The van der Waals surface area contributed by atoms with E-state index in [0.717, 1.165) is 0 Å². The molecule has 3 N–H and O–H groups in total. The van der Waals surface area contributed by atoms with Gasteiger partial charge in [-0.2, -0.15) is 0 Å². The van der Waals surface area contributed by atoms with Crippen molar-refractivity contribution in [3.05, 3.63) is 29.8 Å². The number of carboxylic acids is 1. The Morgan fingerprint density at radius 3 is 2.67 bits per heavy atom. The Labute approximate surface area is 68.1 Å². The number of aromatic carboxylic acids is 1. The van der Waals surface area contributed by atoms with Crippen LogP contribution < -0.4 is 10.5 Å². The molecule has 0 saturated carbocycles. The van der Waals surface area contributed by atoms with Gasteiger partial charge in [-0.1, -0.05) is 12.1 Å². The second kappa shape index (κ2) is 3.70. The Morgan fingerprint density at radius 2 is 2.08 bits per heavy atom. The minimum absolute atomic E-state index is 0.0148. The normalized spacial score (nSPS) is 9.42. The molecule has 64 valence electrons. The van der Waals surface area contributed by atoms with E-state index in [2.05, 4.69) is 4.84 Å². The molecule has 0 radical (unpaired) electrons. The molecule has 1 aromatic rings. The van der Waals surface area contributed by atoms with E-state index in [1.807, 2.05) is 0 Å². The van der Waals surface area contributed by atoms with E-state index in [9.17, 15) is 4.79 Å². The SMILES string of the molecule is O=C(O)c1ccccc1ONO. The Kier molecular flexibility index (Phi) is 2.62. The van der Waals surface area contributed by atoms with Crippen molar-refractivity contribution < 1.29 is 19.9 Å². The topological polar surface area (TPSA) is 78.8 Å². The first kappa shape index (κ1) is 8.51. The number of nitrogens with one attached hydrogen (secondary N) is 1. The Bertz CT molecular complexity index is 286. The first-order valence-corrected chi connectivity index (χ1v) is 3.14. The maximum atomic E-state index is 10.5. The Hall–Kier alpha value is -1.59. The summed E-state index contributed by atoms with van der Waals surface area (Å²) in [5.74, 6) is -1.05. The zero-order valence-corrected chi connectivity index (χ0v) is 6.02. The summed E-state index contributed by atoms with van der Waals surface area (Å²) in [6.07, 6.45) is 0. The van der Waals surface area contributed by atoms with Crippen molar-refractivity contribution in [2.75, 3.05) is 0 Å². The fraction of sp³-hybridized carbons (Fsp3) is 0. The minimum Gasteiger partial charge on any atom is -0.478 e. The molecule has 0 spiro atoms. The van der Waals surface area contributed by atoms with Gasteiger partial charge >= 0.3 is 5.97 Å². The lowest BCUT2D eigenvalue weighted by atomic mass is 10.2. The highest BCUT2D eigenvalue weighted by molar-refractivity contribution is 5.90. The third-order valence-electron chi connectivity index (χ3n) is 1.27. The number of para-hydroxylation sites is 1. The summed E-state index contributed by atoms with van der Waals surface area (Å²) in [4.78, 5) is 14.9.